The van der Waals surface area contributed by atoms with Crippen molar-refractivity contribution in [3.8, 4) is 11.1 Å². The van der Waals surface area contributed by atoms with Crippen LogP contribution in [0.2, 0.25) is 5.02 Å². The largest absolute Gasteiger partial charge is 0.292 e. The molecule has 3 heterocycles. The molecule has 0 spiro atoms. The average molecular weight is 391 g/mol. The van der Waals surface area contributed by atoms with Gasteiger partial charge in [-0.1, -0.05) is 60.1 Å². The number of hydrogen-bond donors (Lipinski definition) is 0. The molecule has 0 atom stereocenters. The molecule has 0 saturated carbocycles. The van der Waals surface area contributed by atoms with Gasteiger partial charge in [-0.15, -0.1) is 11.3 Å². The van der Waals surface area contributed by atoms with Crippen LogP contribution >= 0.6 is 22.9 Å². The van der Waals surface area contributed by atoms with Crippen molar-refractivity contribution in [2.24, 2.45) is 0 Å². The van der Waals surface area contributed by atoms with Crippen molar-refractivity contribution in [2.75, 3.05) is 0 Å². The molecule has 0 N–H and O–H groups in total. The van der Waals surface area contributed by atoms with Crippen LogP contribution in [-0.2, 0) is 6.54 Å². The molecule has 0 radical (unpaired) electrons. The number of benzene rings is 2. The summed E-state index contributed by atoms with van der Waals surface area (Å²) >= 11 is 7.82. The van der Waals surface area contributed by atoms with Crippen molar-refractivity contribution >= 4 is 44.8 Å². The molecule has 0 aliphatic carbocycles. The van der Waals surface area contributed by atoms with Crippen LogP contribution in [0.3, 0.4) is 0 Å². The minimum Gasteiger partial charge on any atom is -0.292 e. The first-order valence-corrected chi connectivity index (χ1v) is 10.0. The highest BCUT2D eigenvalue weighted by molar-refractivity contribution is 7.17. The van der Waals surface area contributed by atoms with E-state index in [2.05, 4.69) is 0 Å². The molecule has 0 amide bonds. The van der Waals surface area contributed by atoms with E-state index < -0.39 is 0 Å². The topological polar surface area (TPSA) is 34.9 Å². The normalized spacial score (nSPS) is 14.8. The Morgan fingerprint density at radius 3 is 2.67 bits per heavy atom. The van der Waals surface area contributed by atoms with E-state index in [0.29, 0.717) is 17.0 Å². The predicted molar refractivity (Wildman–Crippen MR) is 113 cm³/mol. The second-order valence-electron chi connectivity index (χ2n) is 6.53. The Balaban J connectivity index is 1.69. The molecule has 5 heteroatoms. The van der Waals surface area contributed by atoms with Crippen molar-refractivity contribution in [3.05, 3.63) is 86.7 Å². The van der Waals surface area contributed by atoms with Crippen molar-refractivity contribution < 1.29 is 0 Å². The molecule has 0 bridgehead atoms. The van der Waals surface area contributed by atoms with Crippen LogP contribution in [0.5, 0.6) is 0 Å². The molecule has 0 fully saturated rings. The molecule has 1 aliphatic rings. The van der Waals surface area contributed by atoms with Gasteiger partial charge < -0.3 is 0 Å². The zero-order chi connectivity index (χ0) is 18.4. The molecule has 27 heavy (non-hydrogen) atoms. The lowest BCUT2D eigenvalue weighted by atomic mass is 10.1. The Morgan fingerprint density at radius 1 is 1.07 bits per heavy atom. The van der Waals surface area contributed by atoms with Crippen LogP contribution < -0.4 is 5.56 Å². The van der Waals surface area contributed by atoms with Gasteiger partial charge >= 0.3 is 0 Å². The first-order valence-electron chi connectivity index (χ1n) is 8.75. The predicted octanol–water partition coefficient (Wildman–Crippen LogP) is 5.72. The van der Waals surface area contributed by atoms with Gasteiger partial charge in [-0.25, -0.2) is 4.98 Å². The monoisotopic (exact) mass is 390 g/mol. The highest BCUT2D eigenvalue weighted by Crippen LogP contribution is 2.34. The second kappa shape index (κ2) is 6.48. The molecule has 1 aliphatic heterocycles. The first kappa shape index (κ1) is 16.5. The van der Waals surface area contributed by atoms with Crippen LogP contribution in [0.1, 0.15) is 17.8 Å². The minimum absolute atomic E-state index is 0.0395. The third-order valence-electron chi connectivity index (χ3n) is 4.91. The number of nitrogens with zero attached hydrogens (tertiary/aromatic N) is 2. The van der Waals surface area contributed by atoms with Crippen molar-refractivity contribution in [1.29, 1.82) is 0 Å². The fourth-order valence-electron chi connectivity index (χ4n) is 3.57. The van der Waals surface area contributed by atoms with Crippen molar-refractivity contribution in [2.45, 2.75) is 13.0 Å². The van der Waals surface area contributed by atoms with E-state index in [1.165, 1.54) is 11.3 Å². The number of fused-ring (bicyclic) bond motifs is 2. The molecular weight excluding hydrogens is 376 g/mol. The summed E-state index contributed by atoms with van der Waals surface area (Å²) in [4.78, 5) is 18.8. The summed E-state index contributed by atoms with van der Waals surface area (Å²) in [7, 11) is 0. The maximum absolute atomic E-state index is 13.2. The Bertz CT molecular complexity index is 1250. The van der Waals surface area contributed by atoms with E-state index in [9.17, 15) is 4.79 Å². The number of hydrogen-bond acceptors (Lipinski definition) is 3. The third-order valence-corrected chi connectivity index (χ3v) is 6.12. The molecule has 2 aromatic carbocycles. The van der Waals surface area contributed by atoms with Gasteiger partial charge in [0.05, 0.1) is 5.39 Å². The standard InChI is InChI=1S/C22H15ClN2OS/c23-18-9-5-4-8-15(18)12-16-10-11-25-20(16)24-21-19(22(25)26)17(13-27-21)14-6-2-1-3-7-14/h1-9,12-13H,10-11H2/b16-12+. The zero-order valence-electron chi connectivity index (χ0n) is 14.4. The molecule has 4 aromatic rings. The van der Waals surface area contributed by atoms with Crippen molar-refractivity contribution in [1.82, 2.24) is 9.55 Å². The Morgan fingerprint density at radius 2 is 1.85 bits per heavy atom. The summed E-state index contributed by atoms with van der Waals surface area (Å²) in [6.07, 6.45) is 2.83. The lowest BCUT2D eigenvalue weighted by Crippen LogP contribution is -2.20. The van der Waals surface area contributed by atoms with E-state index in [1.54, 1.807) is 4.57 Å². The van der Waals surface area contributed by atoms with Crippen LogP contribution in [0.15, 0.2) is 64.8 Å². The van der Waals surface area contributed by atoms with Gasteiger partial charge in [-0.05, 0) is 35.3 Å². The minimum atomic E-state index is 0.0395. The van der Waals surface area contributed by atoms with E-state index in [-0.39, 0.29) is 5.56 Å². The third kappa shape index (κ3) is 2.73. The molecule has 132 valence electrons. The number of halogens is 1. The summed E-state index contributed by atoms with van der Waals surface area (Å²) in [6, 6.07) is 17.7. The molecule has 0 saturated heterocycles. The molecule has 3 nitrogen and oxygen atoms in total. The van der Waals surface area contributed by atoms with Gasteiger partial charge in [0, 0.05) is 22.5 Å². The van der Waals surface area contributed by atoms with Crippen LogP contribution in [0, 0.1) is 0 Å². The molecule has 2 aromatic heterocycles. The zero-order valence-corrected chi connectivity index (χ0v) is 15.9. The quantitative estimate of drug-likeness (QED) is 0.438. The summed E-state index contributed by atoms with van der Waals surface area (Å²) in [5.41, 5.74) is 4.06. The van der Waals surface area contributed by atoms with Crippen molar-refractivity contribution in [3.63, 3.8) is 0 Å². The van der Waals surface area contributed by atoms with E-state index in [1.807, 2.05) is 66.1 Å². The summed E-state index contributed by atoms with van der Waals surface area (Å²) in [5.74, 6) is 0.758. The Labute approximate surface area is 165 Å². The first-order chi connectivity index (χ1) is 13.2. The fourth-order valence-corrected chi connectivity index (χ4v) is 4.70. The lowest BCUT2D eigenvalue weighted by molar-refractivity contribution is 0.726. The van der Waals surface area contributed by atoms with Crippen LogP contribution in [0.25, 0.3) is 33.0 Å². The molecule has 5 rings (SSSR count). The van der Waals surface area contributed by atoms with Crippen LogP contribution in [-0.4, -0.2) is 9.55 Å². The maximum atomic E-state index is 13.2. The van der Waals surface area contributed by atoms with E-state index in [4.69, 9.17) is 16.6 Å². The smallest absolute Gasteiger partial charge is 0.263 e. The van der Waals surface area contributed by atoms with Gasteiger partial charge in [0.15, 0.2) is 0 Å². The molecule has 0 unspecified atom stereocenters. The Hall–Kier alpha value is -2.69. The molecular formula is C22H15ClN2OS. The van der Waals surface area contributed by atoms with E-state index >= 15 is 0 Å². The highest BCUT2D eigenvalue weighted by atomic mass is 35.5. The van der Waals surface area contributed by atoms with Gasteiger partial charge in [0.1, 0.15) is 10.7 Å². The fraction of sp³-hybridized carbons (Fsp3) is 0.0909. The summed E-state index contributed by atoms with van der Waals surface area (Å²) < 4.78 is 1.80. The van der Waals surface area contributed by atoms with E-state index in [0.717, 1.165) is 39.3 Å². The summed E-state index contributed by atoms with van der Waals surface area (Å²) in [6.45, 7) is 0.650. The number of rotatable bonds is 2. The van der Waals surface area contributed by atoms with Gasteiger partial charge in [-0.3, -0.25) is 9.36 Å². The average Bonchev–Trinajstić information content (AvgIpc) is 3.30. The number of allylic oxidation sites excluding steroid dienone is 1. The SMILES string of the molecule is O=c1c2c(-c3ccccc3)csc2nc2n1CC/C2=C\c1ccccc1Cl. The number of thiophene rings is 1. The summed E-state index contributed by atoms with van der Waals surface area (Å²) in [5, 5.41) is 3.45. The van der Waals surface area contributed by atoms with Gasteiger partial charge in [-0.2, -0.15) is 0 Å². The van der Waals surface area contributed by atoms with Gasteiger partial charge in [0.25, 0.3) is 5.56 Å². The highest BCUT2D eigenvalue weighted by Gasteiger charge is 2.23. The maximum Gasteiger partial charge on any atom is 0.263 e. The lowest BCUT2D eigenvalue weighted by Gasteiger charge is -2.05. The van der Waals surface area contributed by atoms with Crippen LogP contribution in [0.4, 0.5) is 0 Å². The number of aromatic nitrogens is 2. The Kier molecular flexibility index (Phi) is 3.96. The second-order valence-corrected chi connectivity index (χ2v) is 7.79. The van der Waals surface area contributed by atoms with Gasteiger partial charge in [0.2, 0.25) is 0 Å².